The van der Waals surface area contributed by atoms with Gasteiger partial charge >= 0.3 is 0 Å². The fourth-order valence-corrected chi connectivity index (χ4v) is 3.67. The van der Waals surface area contributed by atoms with Crippen molar-refractivity contribution in [1.82, 2.24) is 4.98 Å². The fraction of sp³-hybridized carbons (Fsp3) is 0.333. The first-order valence-electron chi connectivity index (χ1n) is 10.4. The quantitative estimate of drug-likeness (QED) is 0.386. The van der Waals surface area contributed by atoms with E-state index in [4.69, 9.17) is 9.47 Å². The summed E-state index contributed by atoms with van der Waals surface area (Å²) in [6, 6.07) is 15.8. The predicted molar refractivity (Wildman–Crippen MR) is 123 cm³/mol. The Hall–Kier alpha value is -2.86. The summed E-state index contributed by atoms with van der Waals surface area (Å²) in [6.45, 7) is 5.34. The molecular weight excluding hydrogens is 396 g/mol. The minimum Gasteiger partial charge on any atom is -0.490 e. The van der Waals surface area contributed by atoms with Gasteiger partial charge in [-0.1, -0.05) is 49.7 Å². The Balaban J connectivity index is 1.55. The molecule has 0 saturated carbocycles. The maximum atomic E-state index is 12.4. The highest BCUT2D eigenvalue weighted by Crippen LogP contribution is 2.29. The Bertz CT molecular complexity index is 941. The van der Waals surface area contributed by atoms with Crippen molar-refractivity contribution in [3.8, 4) is 22.8 Å². The summed E-state index contributed by atoms with van der Waals surface area (Å²) in [4.78, 5) is 16.9. The van der Waals surface area contributed by atoms with Crippen molar-refractivity contribution in [3.63, 3.8) is 0 Å². The third-order valence-electron chi connectivity index (χ3n) is 4.52. The number of hydrogen-bond acceptors (Lipinski definition) is 5. The zero-order chi connectivity index (χ0) is 21.2. The first kappa shape index (κ1) is 21.8. The molecule has 158 valence electrons. The lowest BCUT2D eigenvalue weighted by atomic mass is 10.1. The highest BCUT2D eigenvalue weighted by atomic mass is 32.1. The van der Waals surface area contributed by atoms with E-state index in [0.29, 0.717) is 31.2 Å². The molecule has 1 amide bonds. The third-order valence-corrected chi connectivity index (χ3v) is 5.28. The van der Waals surface area contributed by atoms with Crippen LogP contribution in [-0.2, 0) is 11.2 Å². The Morgan fingerprint density at radius 1 is 1.07 bits per heavy atom. The number of carbonyl (C=O) groups excluding carboxylic acids is 1. The van der Waals surface area contributed by atoms with Crippen LogP contribution in [0.3, 0.4) is 0 Å². The largest absolute Gasteiger partial charge is 0.490 e. The Morgan fingerprint density at radius 3 is 2.67 bits per heavy atom. The van der Waals surface area contributed by atoms with Crippen LogP contribution in [-0.4, -0.2) is 24.1 Å². The molecule has 0 aliphatic heterocycles. The molecule has 0 unspecified atom stereocenters. The van der Waals surface area contributed by atoms with Gasteiger partial charge in [0.05, 0.1) is 18.9 Å². The van der Waals surface area contributed by atoms with Gasteiger partial charge in [0.2, 0.25) is 5.91 Å². The van der Waals surface area contributed by atoms with E-state index in [1.807, 2.05) is 60.8 Å². The Labute approximate surface area is 182 Å². The summed E-state index contributed by atoms with van der Waals surface area (Å²) in [7, 11) is 0. The number of aromatic nitrogens is 1. The van der Waals surface area contributed by atoms with Gasteiger partial charge in [-0.05, 0) is 37.5 Å². The molecule has 3 rings (SSSR count). The summed E-state index contributed by atoms with van der Waals surface area (Å²) in [6.07, 6.45) is 3.10. The molecule has 0 saturated heterocycles. The molecule has 0 aliphatic rings. The number of nitrogens with zero attached hydrogens (tertiary/aromatic N) is 1. The molecule has 0 radical (unpaired) electrons. The average Bonchev–Trinajstić information content (AvgIpc) is 3.23. The lowest BCUT2D eigenvalue weighted by Gasteiger charge is -2.13. The molecule has 30 heavy (non-hydrogen) atoms. The van der Waals surface area contributed by atoms with Crippen LogP contribution < -0.4 is 14.8 Å². The van der Waals surface area contributed by atoms with Gasteiger partial charge < -0.3 is 14.8 Å². The summed E-state index contributed by atoms with van der Waals surface area (Å²) >= 11 is 1.44. The number of carbonyl (C=O) groups is 1. The van der Waals surface area contributed by atoms with E-state index in [9.17, 15) is 4.79 Å². The van der Waals surface area contributed by atoms with Gasteiger partial charge in [-0.25, -0.2) is 4.98 Å². The monoisotopic (exact) mass is 424 g/mol. The minimum absolute atomic E-state index is 0.0507. The van der Waals surface area contributed by atoms with Crippen molar-refractivity contribution in [2.75, 3.05) is 18.5 Å². The predicted octanol–water partition coefficient (Wildman–Crippen LogP) is 5.96. The van der Waals surface area contributed by atoms with Crippen LogP contribution in [0.25, 0.3) is 11.3 Å². The molecule has 1 aromatic heterocycles. The lowest BCUT2D eigenvalue weighted by Crippen LogP contribution is -2.12. The molecule has 1 N–H and O–H groups in total. The van der Waals surface area contributed by atoms with Crippen molar-refractivity contribution in [1.29, 1.82) is 0 Å². The normalized spacial score (nSPS) is 10.6. The topological polar surface area (TPSA) is 60.5 Å². The molecular formula is C24H28N2O3S. The van der Waals surface area contributed by atoms with E-state index in [2.05, 4.69) is 17.2 Å². The standard InChI is InChI=1S/C24H28N2O3S/c1-3-5-15-29-21-13-11-18(16-22(21)28-4-2)12-14-23(27)26-24-25-20(17-30-24)19-9-7-6-8-10-19/h6-11,13,16-17H,3-5,12,14-15H2,1-2H3,(H,25,26,27). The third kappa shape index (κ3) is 6.32. The van der Waals surface area contributed by atoms with Crippen molar-refractivity contribution >= 4 is 22.4 Å². The Morgan fingerprint density at radius 2 is 1.90 bits per heavy atom. The molecule has 0 spiro atoms. The van der Waals surface area contributed by atoms with Crippen LogP contribution in [0.2, 0.25) is 0 Å². The number of amides is 1. The van der Waals surface area contributed by atoms with Crippen molar-refractivity contribution in [2.45, 2.75) is 39.5 Å². The van der Waals surface area contributed by atoms with Crippen LogP contribution >= 0.6 is 11.3 Å². The number of anilines is 1. The number of aryl methyl sites for hydroxylation is 1. The molecule has 3 aromatic rings. The maximum absolute atomic E-state index is 12.4. The smallest absolute Gasteiger partial charge is 0.226 e. The summed E-state index contributed by atoms with van der Waals surface area (Å²) in [5, 5.41) is 5.47. The highest BCUT2D eigenvalue weighted by Gasteiger charge is 2.11. The molecule has 1 heterocycles. The zero-order valence-corrected chi connectivity index (χ0v) is 18.3. The van der Waals surface area contributed by atoms with Crippen LogP contribution in [0.1, 0.15) is 38.7 Å². The second-order valence-electron chi connectivity index (χ2n) is 6.87. The molecule has 2 aromatic carbocycles. The second kappa shape index (κ2) is 11.4. The van der Waals surface area contributed by atoms with Gasteiger partial charge in [0.25, 0.3) is 0 Å². The summed E-state index contributed by atoms with van der Waals surface area (Å²) in [5.74, 6) is 1.44. The number of unbranched alkanes of at least 4 members (excludes halogenated alkanes) is 1. The number of rotatable bonds is 11. The molecule has 5 nitrogen and oxygen atoms in total. The van der Waals surface area contributed by atoms with Crippen LogP contribution in [0.15, 0.2) is 53.9 Å². The zero-order valence-electron chi connectivity index (χ0n) is 17.5. The van der Waals surface area contributed by atoms with Gasteiger partial charge in [0.1, 0.15) is 0 Å². The molecule has 6 heteroatoms. The van der Waals surface area contributed by atoms with Crippen LogP contribution in [0, 0.1) is 0 Å². The average molecular weight is 425 g/mol. The second-order valence-corrected chi connectivity index (χ2v) is 7.73. The summed E-state index contributed by atoms with van der Waals surface area (Å²) < 4.78 is 11.5. The highest BCUT2D eigenvalue weighted by molar-refractivity contribution is 7.14. The van der Waals surface area contributed by atoms with Gasteiger partial charge in [0, 0.05) is 17.4 Å². The van der Waals surface area contributed by atoms with Gasteiger partial charge in [-0.3, -0.25) is 4.79 Å². The first-order chi connectivity index (χ1) is 14.7. The van der Waals surface area contributed by atoms with Crippen LogP contribution in [0.5, 0.6) is 11.5 Å². The minimum atomic E-state index is -0.0507. The van der Waals surface area contributed by atoms with Crippen molar-refractivity contribution in [3.05, 3.63) is 59.5 Å². The maximum Gasteiger partial charge on any atom is 0.226 e. The molecule has 0 fully saturated rings. The van der Waals surface area contributed by atoms with E-state index in [0.717, 1.165) is 41.2 Å². The van der Waals surface area contributed by atoms with Gasteiger partial charge in [0.15, 0.2) is 16.6 Å². The number of benzene rings is 2. The SMILES string of the molecule is CCCCOc1ccc(CCC(=O)Nc2nc(-c3ccccc3)cs2)cc1OCC. The Kier molecular flexibility index (Phi) is 8.27. The lowest BCUT2D eigenvalue weighted by molar-refractivity contribution is -0.116. The van der Waals surface area contributed by atoms with E-state index in [-0.39, 0.29) is 5.91 Å². The molecule has 0 bridgehead atoms. The van der Waals surface area contributed by atoms with E-state index < -0.39 is 0 Å². The number of nitrogens with one attached hydrogen (secondary N) is 1. The number of ether oxygens (including phenoxy) is 2. The van der Waals surface area contributed by atoms with E-state index in [1.165, 1.54) is 11.3 Å². The van der Waals surface area contributed by atoms with Gasteiger partial charge in [-0.15, -0.1) is 11.3 Å². The summed E-state index contributed by atoms with van der Waals surface area (Å²) in [5.41, 5.74) is 2.95. The van der Waals surface area contributed by atoms with Crippen molar-refractivity contribution in [2.24, 2.45) is 0 Å². The molecule has 0 aliphatic carbocycles. The van der Waals surface area contributed by atoms with Crippen molar-refractivity contribution < 1.29 is 14.3 Å². The number of hydrogen-bond donors (Lipinski definition) is 1. The van der Waals surface area contributed by atoms with E-state index in [1.54, 1.807) is 0 Å². The number of thiazole rings is 1. The molecule has 0 atom stereocenters. The first-order valence-corrected chi connectivity index (χ1v) is 11.3. The van der Waals surface area contributed by atoms with Gasteiger partial charge in [-0.2, -0.15) is 0 Å². The van der Waals surface area contributed by atoms with E-state index >= 15 is 0 Å². The fourth-order valence-electron chi connectivity index (χ4n) is 2.93. The van der Waals surface area contributed by atoms with Crippen LogP contribution in [0.4, 0.5) is 5.13 Å².